The average molecular weight is 573 g/mol. The first-order valence-electron chi connectivity index (χ1n) is 12.1. The third kappa shape index (κ3) is 7.07. The number of sulfonamides is 1. The quantitative estimate of drug-likeness (QED) is 0.145. The number of anilines is 1. The normalized spacial score (nSPS) is 12.8. The van der Waals surface area contributed by atoms with Gasteiger partial charge in [0.1, 0.15) is 10.5 Å². The molecule has 0 radical (unpaired) electrons. The number of aliphatic hydroxyl groups excluding tert-OH is 1. The highest BCUT2D eigenvalue weighted by atomic mass is 35.5. The molecule has 0 fully saturated rings. The number of ether oxygens (including phenoxy) is 1. The van der Waals surface area contributed by atoms with E-state index in [1.165, 1.54) is 18.2 Å². The van der Waals surface area contributed by atoms with Crippen LogP contribution in [0.15, 0.2) is 78.0 Å². The molecule has 1 unspecified atom stereocenters. The molecular formula is C27H29ClN4O6S. The number of aliphatic hydroxyl groups is 1. The lowest BCUT2D eigenvalue weighted by Gasteiger charge is -2.28. The number of carboxylic acid groups (broad SMARTS) is 1. The Morgan fingerprint density at radius 2 is 1.87 bits per heavy atom. The van der Waals surface area contributed by atoms with Crippen LogP contribution in [-0.4, -0.2) is 46.4 Å². The largest absolute Gasteiger partial charge is 0.511 e. The predicted octanol–water partition coefficient (Wildman–Crippen LogP) is 5.04. The van der Waals surface area contributed by atoms with Gasteiger partial charge in [-0.05, 0) is 62.2 Å². The van der Waals surface area contributed by atoms with E-state index in [1.54, 1.807) is 54.9 Å². The zero-order chi connectivity index (χ0) is 28.2. The molecule has 0 spiro atoms. The zero-order valence-corrected chi connectivity index (χ0v) is 22.9. The minimum atomic E-state index is -3.74. The Morgan fingerprint density at radius 3 is 2.59 bits per heavy atom. The molecular weight excluding hydrogens is 544 g/mol. The molecule has 1 heterocycles. The highest BCUT2D eigenvalue weighted by molar-refractivity contribution is 7.92. The smallest absolute Gasteiger partial charge is 0.449 e. The topological polar surface area (TPSA) is 143 Å². The van der Waals surface area contributed by atoms with E-state index < -0.39 is 22.3 Å². The maximum absolute atomic E-state index is 12.6. The number of nitrogens with zero attached hydrogens (tertiary/aromatic N) is 2. The Kier molecular flexibility index (Phi) is 8.45. The molecule has 4 N–H and O–H groups in total. The first-order chi connectivity index (χ1) is 18.4. The van der Waals surface area contributed by atoms with Crippen molar-refractivity contribution in [3.8, 4) is 5.75 Å². The van der Waals surface area contributed by atoms with Crippen LogP contribution in [0.3, 0.4) is 0 Å². The van der Waals surface area contributed by atoms with Crippen molar-refractivity contribution in [2.45, 2.75) is 43.4 Å². The summed E-state index contributed by atoms with van der Waals surface area (Å²) in [7, 11) is -3.74. The summed E-state index contributed by atoms with van der Waals surface area (Å²) < 4.78 is 34.4. The van der Waals surface area contributed by atoms with Gasteiger partial charge in [0, 0.05) is 24.3 Å². The number of aryl methyl sites for hydroxylation is 1. The Morgan fingerprint density at radius 1 is 1.13 bits per heavy atom. The van der Waals surface area contributed by atoms with Crippen LogP contribution in [0.1, 0.15) is 31.9 Å². The number of hydrogen-bond donors (Lipinski definition) is 4. The van der Waals surface area contributed by atoms with Gasteiger partial charge in [-0.2, -0.15) is 0 Å². The van der Waals surface area contributed by atoms with E-state index >= 15 is 0 Å². The summed E-state index contributed by atoms with van der Waals surface area (Å²) >= 11 is 6.27. The number of carbonyl (C=O) groups is 1. The highest BCUT2D eigenvalue weighted by Gasteiger charge is 2.21. The van der Waals surface area contributed by atoms with E-state index in [0.717, 1.165) is 5.52 Å². The van der Waals surface area contributed by atoms with Crippen molar-refractivity contribution in [1.29, 1.82) is 0 Å². The Bertz CT molecular complexity index is 1570. The van der Waals surface area contributed by atoms with Crippen molar-refractivity contribution in [2.75, 3.05) is 11.3 Å². The van der Waals surface area contributed by atoms with Gasteiger partial charge in [-0.1, -0.05) is 41.9 Å². The lowest BCUT2D eigenvalue weighted by Crippen LogP contribution is -2.42. The third-order valence-electron chi connectivity index (χ3n) is 6.22. The molecule has 39 heavy (non-hydrogen) atoms. The van der Waals surface area contributed by atoms with E-state index in [-0.39, 0.29) is 27.8 Å². The molecule has 0 aliphatic rings. The molecule has 0 saturated carbocycles. The summed E-state index contributed by atoms with van der Waals surface area (Å²) in [6.45, 7) is 4.84. The van der Waals surface area contributed by atoms with Crippen LogP contribution in [0.25, 0.3) is 11.0 Å². The summed E-state index contributed by atoms with van der Waals surface area (Å²) in [6, 6.07) is 17.9. The van der Waals surface area contributed by atoms with Crippen LogP contribution in [-0.2, 0) is 16.6 Å². The Labute approximate surface area is 231 Å². The van der Waals surface area contributed by atoms with Crippen LogP contribution < -0.4 is 14.8 Å². The number of benzene rings is 3. The number of fused-ring (bicyclic) bond motifs is 1. The van der Waals surface area contributed by atoms with Gasteiger partial charge in [0.25, 0.3) is 10.0 Å². The lowest BCUT2D eigenvalue weighted by molar-refractivity contribution is 0.144. The summed E-state index contributed by atoms with van der Waals surface area (Å²) in [5.74, 6) is 0.0230. The van der Waals surface area contributed by atoms with E-state index in [0.29, 0.717) is 29.7 Å². The third-order valence-corrected chi connectivity index (χ3v) is 7.98. The van der Waals surface area contributed by atoms with Crippen LogP contribution in [0.4, 0.5) is 10.5 Å². The number of nitrogens with one attached hydrogen (secondary N) is 2. The molecule has 206 valence electrons. The molecule has 1 aromatic heterocycles. The van der Waals surface area contributed by atoms with E-state index in [4.69, 9.17) is 16.7 Å². The van der Waals surface area contributed by atoms with Crippen molar-refractivity contribution in [1.82, 2.24) is 14.9 Å². The van der Waals surface area contributed by atoms with Crippen molar-refractivity contribution in [3.05, 3.63) is 83.6 Å². The number of aromatic nitrogens is 2. The van der Waals surface area contributed by atoms with Crippen LogP contribution in [0.5, 0.6) is 5.75 Å². The van der Waals surface area contributed by atoms with Gasteiger partial charge in [0.05, 0.1) is 22.8 Å². The molecule has 0 saturated heterocycles. The summed E-state index contributed by atoms with van der Waals surface area (Å²) in [5.41, 5.74) is 1.74. The summed E-state index contributed by atoms with van der Waals surface area (Å²) in [4.78, 5) is 15.3. The van der Waals surface area contributed by atoms with Crippen LogP contribution >= 0.6 is 11.6 Å². The monoisotopic (exact) mass is 572 g/mol. The number of halogens is 1. The second-order valence-corrected chi connectivity index (χ2v) is 11.7. The van der Waals surface area contributed by atoms with Crippen molar-refractivity contribution in [3.63, 3.8) is 0 Å². The van der Waals surface area contributed by atoms with Crippen molar-refractivity contribution >= 4 is 44.5 Å². The second kappa shape index (κ2) is 11.6. The Balaban J connectivity index is 1.36. The van der Waals surface area contributed by atoms with E-state index in [1.807, 2.05) is 18.4 Å². The fourth-order valence-electron chi connectivity index (χ4n) is 4.03. The van der Waals surface area contributed by atoms with Gasteiger partial charge in [-0.3, -0.25) is 4.72 Å². The summed E-state index contributed by atoms with van der Waals surface area (Å²) in [5, 5.41) is 23.2. The molecule has 0 aliphatic carbocycles. The zero-order valence-electron chi connectivity index (χ0n) is 21.3. The van der Waals surface area contributed by atoms with Crippen LogP contribution in [0.2, 0.25) is 5.02 Å². The summed E-state index contributed by atoms with van der Waals surface area (Å²) in [6.07, 6.45) is -0.0157. The van der Waals surface area contributed by atoms with Gasteiger partial charge in [-0.25, -0.2) is 18.2 Å². The van der Waals surface area contributed by atoms with Crippen molar-refractivity contribution in [2.24, 2.45) is 0 Å². The molecule has 1 atom stereocenters. The maximum atomic E-state index is 12.6. The van der Waals surface area contributed by atoms with Gasteiger partial charge >= 0.3 is 6.16 Å². The Hall–Kier alpha value is -3.64. The minimum absolute atomic E-state index is 0.0230. The SMILES string of the molecule is CC(C)(CCn1cnc2c(Cl)c(OC(=O)O)ccc21)NCC(O)c1cccc(NS(=O)(=O)c2ccccc2)c1. The molecule has 0 amide bonds. The van der Waals surface area contributed by atoms with Crippen molar-refractivity contribution < 1.29 is 28.2 Å². The molecule has 12 heteroatoms. The van der Waals surface area contributed by atoms with Crippen LogP contribution in [0, 0.1) is 0 Å². The van der Waals surface area contributed by atoms with E-state index in [9.17, 15) is 18.3 Å². The van der Waals surface area contributed by atoms with Gasteiger partial charge in [-0.15, -0.1) is 0 Å². The number of β-amino-alcohol motifs (C(OH)–C–C–N with tert-alkyl or cyclic N) is 1. The first-order valence-corrected chi connectivity index (χ1v) is 14.0. The molecule has 4 rings (SSSR count). The average Bonchev–Trinajstić information content (AvgIpc) is 3.32. The maximum Gasteiger partial charge on any atom is 0.511 e. The molecule has 3 aromatic carbocycles. The molecule has 4 aromatic rings. The fourth-order valence-corrected chi connectivity index (χ4v) is 5.35. The van der Waals surface area contributed by atoms with Gasteiger partial charge in [0.15, 0.2) is 5.75 Å². The number of imidazole rings is 1. The second-order valence-electron chi connectivity index (χ2n) is 9.63. The van der Waals surface area contributed by atoms with Gasteiger partial charge < -0.3 is 24.8 Å². The highest BCUT2D eigenvalue weighted by Crippen LogP contribution is 2.32. The molecule has 0 aliphatic heterocycles. The molecule has 0 bridgehead atoms. The fraction of sp³-hybridized carbons (Fsp3) is 0.259. The minimum Gasteiger partial charge on any atom is -0.449 e. The number of rotatable bonds is 11. The van der Waals surface area contributed by atoms with E-state index in [2.05, 4.69) is 19.8 Å². The first kappa shape index (κ1) is 28.4. The standard InChI is InChI=1S/C27H29ClN4O6S/c1-27(2,13-14-32-17-29-25-21(32)11-12-23(24(25)28)38-26(34)35)30-16-22(33)18-7-6-8-19(15-18)31-39(36,37)20-9-4-3-5-10-20/h3-12,15,17,22,30-31,33H,13-14,16H2,1-2H3,(H,34,35). The number of hydrogen-bond acceptors (Lipinski definition) is 7. The predicted molar refractivity (Wildman–Crippen MR) is 149 cm³/mol. The lowest BCUT2D eigenvalue weighted by atomic mass is 9.99. The molecule has 10 nitrogen and oxygen atoms in total. The van der Waals surface area contributed by atoms with Gasteiger partial charge in [0.2, 0.25) is 0 Å².